The average molecular weight is 574 g/mol. The summed E-state index contributed by atoms with van der Waals surface area (Å²) >= 11 is 0. The number of ether oxygens (including phenoxy) is 5. The minimum absolute atomic E-state index is 0.100. The molecule has 0 amide bonds. The number of rotatable bonds is 11. The minimum atomic E-state index is -1.69. The van der Waals surface area contributed by atoms with E-state index in [1.165, 1.54) is 12.1 Å². The molecule has 1 aromatic carbocycles. The van der Waals surface area contributed by atoms with Crippen LogP contribution < -0.4 is 0 Å². The summed E-state index contributed by atoms with van der Waals surface area (Å²) in [6, 6.07) is 6.09. The lowest BCUT2D eigenvalue weighted by atomic mass is 9.90. The molecule has 1 heterocycles. The van der Waals surface area contributed by atoms with Crippen LogP contribution in [0.3, 0.4) is 0 Å². The Bertz CT molecular complexity index is 1400. The molecule has 0 aliphatic heterocycles. The zero-order chi connectivity index (χ0) is 30.4. The third kappa shape index (κ3) is 7.38. The van der Waals surface area contributed by atoms with E-state index in [1.54, 1.807) is 12.1 Å². The van der Waals surface area contributed by atoms with Crippen LogP contribution in [0, 0.1) is 0 Å². The SMILES string of the molecule is CC(=O)OC[C@@H](OC(C)=O)[C@@H](OC(C)=O)[C@H](OC(C)=O)[C@@H](Cn1nnc2c1C(=O)c1ccccc1C2=O)OC(C)=O. The summed E-state index contributed by atoms with van der Waals surface area (Å²) in [5, 5.41) is 7.73. The third-order valence-corrected chi connectivity index (χ3v) is 5.68. The fourth-order valence-corrected chi connectivity index (χ4v) is 4.25. The van der Waals surface area contributed by atoms with Crippen molar-refractivity contribution in [3.05, 3.63) is 46.8 Å². The first-order valence-electron chi connectivity index (χ1n) is 12.2. The first-order chi connectivity index (χ1) is 19.3. The van der Waals surface area contributed by atoms with Gasteiger partial charge in [-0.05, 0) is 0 Å². The van der Waals surface area contributed by atoms with Crippen LogP contribution in [0.2, 0.25) is 0 Å². The fraction of sp³-hybridized carbons (Fsp3) is 0.423. The molecule has 1 aliphatic carbocycles. The highest BCUT2D eigenvalue weighted by molar-refractivity contribution is 6.26. The van der Waals surface area contributed by atoms with E-state index in [0.717, 1.165) is 39.3 Å². The summed E-state index contributed by atoms with van der Waals surface area (Å²) in [7, 11) is 0. The molecule has 218 valence electrons. The predicted molar refractivity (Wildman–Crippen MR) is 132 cm³/mol. The second kappa shape index (κ2) is 12.9. The van der Waals surface area contributed by atoms with Crippen molar-refractivity contribution in [1.82, 2.24) is 15.0 Å². The van der Waals surface area contributed by atoms with Gasteiger partial charge >= 0.3 is 29.8 Å². The van der Waals surface area contributed by atoms with Crippen LogP contribution in [-0.2, 0) is 54.2 Å². The van der Waals surface area contributed by atoms with E-state index in [-0.39, 0.29) is 22.5 Å². The number of hydrogen-bond acceptors (Lipinski definition) is 14. The minimum Gasteiger partial charge on any atom is -0.462 e. The van der Waals surface area contributed by atoms with Gasteiger partial charge in [0, 0.05) is 45.7 Å². The molecular formula is C26H27N3O12. The molecular weight excluding hydrogens is 546 g/mol. The van der Waals surface area contributed by atoms with Gasteiger partial charge in [-0.1, -0.05) is 29.5 Å². The maximum absolute atomic E-state index is 13.3. The molecule has 0 fully saturated rings. The Morgan fingerprint density at radius 1 is 0.707 bits per heavy atom. The van der Waals surface area contributed by atoms with Crippen LogP contribution in [0.15, 0.2) is 24.3 Å². The van der Waals surface area contributed by atoms with Crippen LogP contribution in [0.25, 0.3) is 0 Å². The van der Waals surface area contributed by atoms with Crippen LogP contribution in [0.5, 0.6) is 0 Å². The van der Waals surface area contributed by atoms with Crippen LogP contribution in [0.4, 0.5) is 0 Å². The van der Waals surface area contributed by atoms with E-state index in [1.807, 2.05) is 0 Å². The first-order valence-corrected chi connectivity index (χ1v) is 12.2. The second-order valence-corrected chi connectivity index (χ2v) is 8.92. The van der Waals surface area contributed by atoms with Crippen molar-refractivity contribution in [3.63, 3.8) is 0 Å². The van der Waals surface area contributed by atoms with E-state index >= 15 is 0 Å². The van der Waals surface area contributed by atoms with Crippen molar-refractivity contribution in [1.29, 1.82) is 0 Å². The maximum atomic E-state index is 13.3. The second-order valence-electron chi connectivity index (χ2n) is 8.92. The predicted octanol–water partition coefficient (Wildman–Crippen LogP) is 0.343. The number of carbonyl (C=O) groups excluding carboxylic acids is 7. The van der Waals surface area contributed by atoms with Crippen molar-refractivity contribution in [2.45, 2.75) is 65.6 Å². The first kappa shape index (κ1) is 30.6. The van der Waals surface area contributed by atoms with Gasteiger partial charge in [-0.25, -0.2) is 4.68 Å². The molecule has 2 aromatic rings. The van der Waals surface area contributed by atoms with Crippen molar-refractivity contribution in [2.24, 2.45) is 0 Å². The Hall–Kier alpha value is -4.95. The average Bonchev–Trinajstić information content (AvgIpc) is 3.30. The molecule has 41 heavy (non-hydrogen) atoms. The molecule has 0 radical (unpaired) electrons. The number of benzene rings is 1. The number of hydrogen-bond donors (Lipinski definition) is 0. The lowest BCUT2D eigenvalue weighted by Gasteiger charge is -2.35. The summed E-state index contributed by atoms with van der Waals surface area (Å²) < 4.78 is 27.3. The third-order valence-electron chi connectivity index (χ3n) is 5.68. The van der Waals surface area contributed by atoms with E-state index in [4.69, 9.17) is 23.7 Å². The van der Waals surface area contributed by atoms with Crippen molar-refractivity contribution < 1.29 is 57.2 Å². The lowest BCUT2D eigenvalue weighted by Crippen LogP contribution is -2.54. The van der Waals surface area contributed by atoms with Crippen molar-refractivity contribution in [3.8, 4) is 0 Å². The van der Waals surface area contributed by atoms with Gasteiger partial charge in [-0.2, -0.15) is 0 Å². The highest BCUT2D eigenvalue weighted by atomic mass is 16.6. The summed E-state index contributed by atoms with van der Waals surface area (Å²) in [5.41, 5.74) is -0.226. The summed E-state index contributed by atoms with van der Waals surface area (Å²) in [5.74, 6) is -5.48. The van der Waals surface area contributed by atoms with Crippen LogP contribution >= 0.6 is 0 Å². The highest BCUT2D eigenvalue weighted by Crippen LogP contribution is 2.27. The van der Waals surface area contributed by atoms with E-state index in [2.05, 4.69) is 10.3 Å². The molecule has 0 spiro atoms. The molecule has 0 bridgehead atoms. The molecule has 1 aliphatic rings. The van der Waals surface area contributed by atoms with Gasteiger partial charge in [0.1, 0.15) is 12.3 Å². The Morgan fingerprint density at radius 3 is 1.71 bits per heavy atom. The molecule has 4 atom stereocenters. The molecule has 15 nitrogen and oxygen atoms in total. The Kier molecular flexibility index (Phi) is 9.65. The molecule has 0 N–H and O–H groups in total. The number of carbonyl (C=O) groups is 7. The normalized spacial score (nSPS) is 14.9. The summed E-state index contributed by atoms with van der Waals surface area (Å²) in [4.78, 5) is 86.1. The fourth-order valence-electron chi connectivity index (χ4n) is 4.25. The number of fused-ring (bicyclic) bond motifs is 2. The van der Waals surface area contributed by atoms with E-state index in [0.29, 0.717) is 0 Å². The molecule has 0 unspecified atom stereocenters. The standard InChI is InChI=1S/C26H27N3O12/c1-12(30)37-11-20(39-14(3)32)26(41-16(5)34)25(40-15(4)33)19(38-13(2)31)10-29-22-21(27-28-29)23(35)17-8-6-7-9-18(17)24(22)36/h6-9,19-20,25-26H,10-11H2,1-5H3/t19-,20-,25-,26-/m1/s1. The molecule has 0 saturated heterocycles. The Labute approximate surface area is 233 Å². The zero-order valence-electron chi connectivity index (χ0n) is 22.8. The van der Waals surface area contributed by atoms with Gasteiger partial charge in [0.2, 0.25) is 11.6 Å². The molecule has 1 aromatic heterocycles. The number of aromatic nitrogens is 3. The van der Waals surface area contributed by atoms with Gasteiger partial charge in [0.25, 0.3) is 0 Å². The number of esters is 5. The van der Waals surface area contributed by atoms with Crippen LogP contribution in [0.1, 0.15) is 66.7 Å². The van der Waals surface area contributed by atoms with Crippen molar-refractivity contribution >= 4 is 41.4 Å². The Morgan fingerprint density at radius 2 is 1.20 bits per heavy atom. The zero-order valence-corrected chi connectivity index (χ0v) is 22.8. The number of nitrogens with zero attached hydrogens (tertiary/aromatic N) is 3. The Balaban J connectivity index is 2.10. The van der Waals surface area contributed by atoms with Gasteiger partial charge in [-0.15, -0.1) is 5.10 Å². The molecule has 3 rings (SSSR count). The van der Waals surface area contributed by atoms with Crippen molar-refractivity contribution in [2.75, 3.05) is 6.61 Å². The smallest absolute Gasteiger partial charge is 0.303 e. The van der Waals surface area contributed by atoms with Gasteiger partial charge in [-0.3, -0.25) is 33.6 Å². The monoisotopic (exact) mass is 573 g/mol. The quantitative estimate of drug-likeness (QED) is 0.225. The topological polar surface area (TPSA) is 196 Å². The molecule has 15 heteroatoms. The van der Waals surface area contributed by atoms with Gasteiger partial charge < -0.3 is 23.7 Å². The largest absolute Gasteiger partial charge is 0.462 e. The van der Waals surface area contributed by atoms with E-state index < -0.39 is 79.0 Å². The number of ketones is 2. The van der Waals surface area contributed by atoms with Gasteiger partial charge in [0.15, 0.2) is 30.1 Å². The molecule has 0 saturated carbocycles. The van der Waals surface area contributed by atoms with Gasteiger partial charge in [0.05, 0.1) is 6.54 Å². The lowest BCUT2D eigenvalue weighted by molar-refractivity contribution is -0.203. The summed E-state index contributed by atoms with van der Waals surface area (Å²) in [6.45, 7) is 4.05. The van der Waals surface area contributed by atoms with Crippen LogP contribution in [-0.4, -0.2) is 87.4 Å². The maximum Gasteiger partial charge on any atom is 0.303 e. The highest BCUT2D eigenvalue weighted by Gasteiger charge is 2.45. The summed E-state index contributed by atoms with van der Waals surface area (Å²) in [6.07, 6.45) is -6.45. The van der Waals surface area contributed by atoms with E-state index in [9.17, 15) is 33.6 Å².